The number of aromatic nitrogens is 1. The molecule has 1 aromatic heterocycles. The Morgan fingerprint density at radius 1 is 1.18 bits per heavy atom. The molecule has 3 heterocycles. The van der Waals surface area contributed by atoms with Crippen molar-refractivity contribution in [2.24, 2.45) is 11.8 Å². The topological polar surface area (TPSA) is 170 Å². The highest BCUT2D eigenvalue weighted by molar-refractivity contribution is 5.88. The highest BCUT2D eigenvalue weighted by Gasteiger charge is 2.47. The average Bonchev–Trinajstić information content (AvgIpc) is 2.83. The third-order valence-corrected chi connectivity index (χ3v) is 5.79. The summed E-state index contributed by atoms with van der Waals surface area (Å²) in [6.45, 7) is 3.52. The van der Waals surface area contributed by atoms with E-state index in [0.717, 1.165) is 11.8 Å². The van der Waals surface area contributed by atoms with Gasteiger partial charge in [-0.3, -0.25) is 0 Å². The van der Waals surface area contributed by atoms with E-state index in [0.29, 0.717) is 6.54 Å². The lowest BCUT2D eigenvalue weighted by Gasteiger charge is -2.42. The first-order chi connectivity index (χ1) is 16.3. The van der Waals surface area contributed by atoms with Gasteiger partial charge < -0.3 is 44.8 Å². The molecule has 2 aliphatic rings. The molecule has 0 bridgehead atoms. The van der Waals surface area contributed by atoms with Gasteiger partial charge in [0.25, 0.3) is 0 Å². The number of allylic oxidation sites excluding steroid dienone is 1. The number of aliphatic carboxylic acids is 1. The van der Waals surface area contributed by atoms with E-state index in [1.165, 1.54) is 6.08 Å². The summed E-state index contributed by atoms with van der Waals surface area (Å²) in [4.78, 5) is 11.8. The fraction of sp³-hybridized carbons (Fsp3) is 0.478. The average molecular weight is 480 g/mol. The summed E-state index contributed by atoms with van der Waals surface area (Å²) >= 11 is 0. The van der Waals surface area contributed by atoms with Gasteiger partial charge >= 0.3 is 5.97 Å². The molecule has 0 spiro atoms. The minimum Gasteiger partial charge on any atom is -0.478 e. The molecule has 3 rings (SSSR count). The molecule has 0 aromatic carbocycles. The van der Waals surface area contributed by atoms with Crippen LogP contribution in [0.3, 0.4) is 0 Å². The first kappa shape index (κ1) is 26.0. The van der Waals surface area contributed by atoms with Crippen LogP contribution in [0.15, 0.2) is 55.1 Å². The number of aliphatic hydroxyl groups excluding tert-OH is 5. The van der Waals surface area contributed by atoms with E-state index in [-0.39, 0.29) is 12.2 Å². The van der Waals surface area contributed by atoms with Crippen LogP contribution in [0, 0.1) is 11.8 Å². The predicted molar refractivity (Wildman–Crippen MR) is 115 cm³/mol. The first-order valence-corrected chi connectivity index (χ1v) is 10.8. The Morgan fingerprint density at radius 2 is 1.94 bits per heavy atom. The smallest absolute Gasteiger partial charge is 0.335 e. The van der Waals surface area contributed by atoms with Crippen molar-refractivity contribution in [3.8, 4) is 0 Å². The molecule has 0 aliphatic carbocycles. The van der Waals surface area contributed by atoms with Crippen LogP contribution in [0.4, 0.5) is 0 Å². The second kappa shape index (κ2) is 11.7. The van der Waals surface area contributed by atoms with Crippen LogP contribution in [0.25, 0.3) is 6.08 Å². The summed E-state index contributed by atoms with van der Waals surface area (Å²) in [6.07, 6.45) is 0.880. The Hall–Kier alpha value is -2.64. The quantitative estimate of drug-likeness (QED) is 0.181. The zero-order chi connectivity index (χ0) is 24.8. The molecule has 11 heteroatoms. The number of ether oxygens (including phenoxy) is 3. The number of rotatable bonds is 9. The van der Waals surface area contributed by atoms with Gasteiger partial charge in [-0.2, -0.15) is 0 Å². The van der Waals surface area contributed by atoms with Crippen molar-refractivity contribution in [3.63, 3.8) is 0 Å². The maximum atomic E-state index is 11.8. The van der Waals surface area contributed by atoms with Crippen molar-refractivity contribution in [2.75, 3.05) is 13.2 Å². The molecule has 2 aliphatic heterocycles. The van der Waals surface area contributed by atoms with Crippen molar-refractivity contribution in [3.05, 3.63) is 60.7 Å². The molecule has 8 atom stereocenters. The zero-order valence-corrected chi connectivity index (χ0v) is 18.3. The number of carbonyl (C=O) groups is 1. The molecule has 0 unspecified atom stereocenters. The van der Waals surface area contributed by atoms with Gasteiger partial charge in [0, 0.05) is 17.5 Å². The van der Waals surface area contributed by atoms with Gasteiger partial charge in [0.2, 0.25) is 6.29 Å². The Labute approximate surface area is 196 Å². The Kier molecular flexibility index (Phi) is 8.91. The van der Waals surface area contributed by atoms with Crippen LogP contribution < -0.4 is 4.57 Å². The summed E-state index contributed by atoms with van der Waals surface area (Å²) in [5.74, 6) is -2.66. The molecule has 0 amide bonds. The second-order valence-corrected chi connectivity index (χ2v) is 8.01. The van der Waals surface area contributed by atoms with Crippen molar-refractivity contribution >= 4 is 12.0 Å². The highest BCUT2D eigenvalue weighted by Crippen LogP contribution is 2.36. The minimum atomic E-state index is -1.64. The molecule has 186 valence electrons. The number of nitrogens with zero attached hydrogens (tertiary/aromatic N) is 1. The number of aliphatic hydroxyl groups is 5. The standard InChI is InChI=1S/C23H29NO10/c1-2-14-15(6-5-13-4-3-7-24(10-13)8-9-25)16(21(30)31)12-32-22(14)34-23-20(29)19(28)18(27)17(11-26)33-23/h2-7,10,12,14-15,17-20,22-23,25-29H,1,8-9,11H2/p+1/b6-5+/t14-,15+,17-,18-,19+,20-,22+,23+/m1/s1. The van der Waals surface area contributed by atoms with Crippen LogP contribution >= 0.6 is 0 Å². The Balaban J connectivity index is 1.84. The van der Waals surface area contributed by atoms with Crippen LogP contribution in [0.2, 0.25) is 0 Å². The third-order valence-electron chi connectivity index (χ3n) is 5.79. The number of carboxylic acids is 1. The predicted octanol–water partition coefficient (Wildman–Crippen LogP) is -1.46. The largest absolute Gasteiger partial charge is 0.478 e. The summed E-state index contributed by atoms with van der Waals surface area (Å²) in [5.41, 5.74) is 0.718. The maximum Gasteiger partial charge on any atom is 0.335 e. The summed E-state index contributed by atoms with van der Waals surface area (Å²) in [7, 11) is 0. The van der Waals surface area contributed by atoms with Crippen molar-refractivity contribution in [1.82, 2.24) is 0 Å². The van der Waals surface area contributed by atoms with Crippen LogP contribution in [-0.2, 0) is 25.5 Å². The molecule has 34 heavy (non-hydrogen) atoms. The number of carboxylic acid groups (broad SMARTS) is 1. The van der Waals surface area contributed by atoms with Gasteiger partial charge in [0.1, 0.15) is 31.0 Å². The van der Waals surface area contributed by atoms with Crippen LogP contribution in [-0.4, -0.2) is 86.8 Å². The summed E-state index contributed by atoms with van der Waals surface area (Å²) in [5, 5.41) is 58.4. The van der Waals surface area contributed by atoms with E-state index in [2.05, 4.69) is 6.58 Å². The van der Waals surface area contributed by atoms with Crippen molar-refractivity contribution in [1.29, 1.82) is 0 Å². The molecule has 6 N–H and O–H groups in total. The van der Waals surface area contributed by atoms with Crippen molar-refractivity contribution in [2.45, 2.75) is 43.5 Å². The Bertz CT molecular complexity index is 917. The maximum absolute atomic E-state index is 11.8. The number of hydrogen-bond acceptors (Lipinski definition) is 9. The van der Waals surface area contributed by atoms with E-state index in [9.17, 15) is 30.3 Å². The van der Waals surface area contributed by atoms with E-state index < -0.39 is 61.4 Å². The lowest BCUT2D eigenvalue weighted by atomic mass is 9.83. The summed E-state index contributed by atoms with van der Waals surface area (Å²) < 4.78 is 18.3. The lowest BCUT2D eigenvalue weighted by Crippen LogP contribution is -2.60. The fourth-order valence-corrected chi connectivity index (χ4v) is 3.91. The second-order valence-electron chi connectivity index (χ2n) is 8.01. The number of pyridine rings is 1. The molecular formula is C23H30NO10+. The van der Waals surface area contributed by atoms with Gasteiger partial charge in [-0.05, 0) is 6.07 Å². The lowest BCUT2D eigenvalue weighted by molar-refractivity contribution is -0.698. The molecule has 11 nitrogen and oxygen atoms in total. The van der Waals surface area contributed by atoms with E-state index in [4.69, 9.17) is 19.3 Å². The molecule has 1 saturated heterocycles. The highest BCUT2D eigenvalue weighted by atomic mass is 16.8. The third kappa shape index (κ3) is 5.70. The van der Waals surface area contributed by atoms with Crippen molar-refractivity contribution < 1.29 is 54.2 Å². The van der Waals surface area contributed by atoms with Crippen LogP contribution in [0.5, 0.6) is 0 Å². The van der Waals surface area contributed by atoms with Gasteiger partial charge in [-0.15, -0.1) is 6.58 Å². The monoisotopic (exact) mass is 480 g/mol. The van der Waals surface area contributed by atoms with Crippen LogP contribution in [0.1, 0.15) is 5.56 Å². The number of hydrogen-bond donors (Lipinski definition) is 6. The zero-order valence-electron chi connectivity index (χ0n) is 18.3. The fourth-order valence-electron chi connectivity index (χ4n) is 3.91. The minimum absolute atomic E-state index is 0.0286. The van der Waals surface area contributed by atoms with E-state index in [1.807, 2.05) is 6.07 Å². The molecule has 0 radical (unpaired) electrons. The SMILES string of the molecule is C=C[C@H]1[C@H](O[C@@H]2O[C@H](CO)[C@@H](O)[C@H](O)[C@H]2O)OC=C(C(=O)O)[C@H]1/C=C/c1ccc[n+](CCO)c1. The Morgan fingerprint density at radius 3 is 2.59 bits per heavy atom. The molecule has 0 saturated carbocycles. The molecule has 1 aromatic rings. The first-order valence-electron chi connectivity index (χ1n) is 10.8. The molecular weight excluding hydrogens is 450 g/mol. The normalized spacial score (nSPS) is 33.9. The van der Waals surface area contributed by atoms with Gasteiger partial charge in [0.05, 0.1) is 24.4 Å². The summed E-state index contributed by atoms with van der Waals surface area (Å²) in [6, 6.07) is 3.61. The van der Waals surface area contributed by atoms with Gasteiger partial charge in [-0.1, -0.05) is 18.2 Å². The van der Waals surface area contributed by atoms with E-state index >= 15 is 0 Å². The molecule has 1 fully saturated rings. The van der Waals surface area contributed by atoms with Gasteiger partial charge in [-0.25, -0.2) is 9.36 Å². The van der Waals surface area contributed by atoms with Gasteiger partial charge in [0.15, 0.2) is 25.2 Å². The van der Waals surface area contributed by atoms with E-state index in [1.54, 1.807) is 35.2 Å².